The summed E-state index contributed by atoms with van der Waals surface area (Å²) in [6, 6.07) is 10.2. The van der Waals surface area contributed by atoms with Gasteiger partial charge in [-0.3, -0.25) is 0 Å². The lowest BCUT2D eigenvalue weighted by atomic mass is 10.3. The zero-order valence-electron chi connectivity index (χ0n) is 8.66. The van der Waals surface area contributed by atoms with Crippen LogP contribution < -0.4 is 4.74 Å². The molecule has 0 amide bonds. The summed E-state index contributed by atoms with van der Waals surface area (Å²) in [5.74, 6) is 0.250. The van der Waals surface area contributed by atoms with Gasteiger partial charge in [-0.25, -0.2) is 4.79 Å². The van der Waals surface area contributed by atoms with Crippen LogP contribution in [0.5, 0.6) is 5.75 Å². The molecule has 1 aromatic rings. The molecule has 0 saturated carbocycles. The first kappa shape index (κ1) is 11.3. The number of carbonyl (C=O) groups excluding carboxylic acids is 1. The highest BCUT2D eigenvalue weighted by atomic mass is 16.6. The van der Waals surface area contributed by atoms with Crippen LogP contribution in [0.4, 0.5) is 0 Å². The van der Waals surface area contributed by atoms with Gasteiger partial charge in [-0.05, 0) is 13.0 Å². The van der Waals surface area contributed by atoms with Gasteiger partial charge in [0.25, 0.3) is 0 Å². The van der Waals surface area contributed by atoms with Crippen LogP contribution in [0.3, 0.4) is 0 Å². The number of hydrogen-bond acceptors (Lipinski definition) is 3. The summed E-state index contributed by atoms with van der Waals surface area (Å²) < 4.78 is 10.1. The van der Waals surface area contributed by atoms with E-state index in [0.717, 1.165) is 0 Å². The second kappa shape index (κ2) is 5.86. The van der Waals surface area contributed by atoms with Gasteiger partial charge in [0, 0.05) is 11.6 Å². The standard InChI is InChI=1S/C12H13O3/c1-10(2)12(13)15-9-8-14-11-6-4-3-5-7-11/h3-6H,1,8-9H2,2H3. The lowest BCUT2D eigenvalue weighted by Gasteiger charge is -2.06. The van der Waals surface area contributed by atoms with Crippen molar-refractivity contribution >= 4 is 5.97 Å². The van der Waals surface area contributed by atoms with E-state index in [1.54, 1.807) is 19.1 Å². The second-order valence-electron chi connectivity index (χ2n) is 2.99. The summed E-state index contributed by atoms with van der Waals surface area (Å²) in [5, 5.41) is 0. The lowest BCUT2D eigenvalue weighted by molar-refractivity contribution is -0.139. The largest absolute Gasteiger partial charge is 0.489 e. The number of ether oxygens (including phenoxy) is 2. The number of rotatable bonds is 5. The third kappa shape index (κ3) is 4.31. The summed E-state index contributed by atoms with van der Waals surface area (Å²) in [6.45, 7) is 5.61. The molecule has 1 radical (unpaired) electrons. The van der Waals surface area contributed by atoms with E-state index in [1.165, 1.54) is 0 Å². The maximum atomic E-state index is 11.0. The number of hydrogen-bond donors (Lipinski definition) is 0. The van der Waals surface area contributed by atoms with Gasteiger partial charge >= 0.3 is 5.97 Å². The van der Waals surface area contributed by atoms with Crippen molar-refractivity contribution in [3.8, 4) is 5.75 Å². The third-order valence-corrected chi connectivity index (χ3v) is 1.60. The monoisotopic (exact) mass is 205 g/mol. The van der Waals surface area contributed by atoms with Crippen LogP contribution in [0, 0.1) is 6.07 Å². The molecule has 1 rings (SSSR count). The van der Waals surface area contributed by atoms with E-state index in [4.69, 9.17) is 9.47 Å². The predicted molar refractivity (Wildman–Crippen MR) is 56.5 cm³/mol. The molecular weight excluding hydrogens is 192 g/mol. The molecule has 0 atom stereocenters. The predicted octanol–water partition coefficient (Wildman–Crippen LogP) is 1.98. The van der Waals surface area contributed by atoms with E-state index in [1.807, 2.05) is 12.1 Å². The van der Waals surface area contributed by atoms with Crippen LogP contribution in [0.25, 0.3) is 0 Å². The highest BCUT2D eigenvalue weighted by Crippen LogP contribution is 2.06. The Hall–Kier alpha value is -1.77. The Labute approximate surface area is 89.3 Å². The second-order valence-corrected chi connectivity index (χ2v) is 2.99. The van der Waals surface area contributed by atoms with Crippen molar-refractivity contribution in [2.45, 2.75) is 6.92 Å². The number of benzene rings is 1. The number of para-hydroxylation sites is 1. The van der Waals surface area contributed by atoms with E-state index < -0.39 is 5.97 Å². The summed E-state index contributed by atoms with van der Waals surface area (Å²) >= 11 is 0. The smallest absolute Gasteiger partial charge is 0.333 e. The van der Waals surface area contributed by atoms with Crippen LogP contribution in [-0.2, 0) is 9.53 Å². The fourth-order valence-corrected chi connectivity index (χ4v) is 0.876. The molecule has 0 aliphatic heterocycles. The first-order valence-corrected chi connectivity index (χ1v) is 4.62. The van der Waals surface area contributed by atoms with Crippen molar-refractivity contribution in [3.05, 3.63) is 42.5 Å². The number of carbonyl (C=O) groups is 1. The van der Waals surface area contributed by atoms with E-state index in [2.05, 4.69) is 12.6 Å². The molecule has 0 bridgehead atoms. The molecule has 0 aliphatic carbocycles. The molecule has 3 nitrogen and oxygen atoms in total. The average Bonchev–Trinajstić information content (AvgIpc) is 2.25. The minimum absolute atomic E-state index is 0.217. The Morgan fingerprint density at radius 2 is 2.27 bits per heavy atom. The van der Waals surface area contributed by atoms with Crippen molar-refractivity contribution < 1.29 is 14.3 Å². The minimum atomic E-state index is -0.393. The fraction of sp³-hybridized carbons (Fsp3) is 0.250. The zero-order valence-corrected chi connectivity index (χ0v) is 8.66. The topological polar surface area (TPSA) is 35.5 Å². The van der Waals surface area contributed by atoms with Gasteiger partial charge in [-0.1, -0.05) is 24.8 Å². The molecular formula is C12H13O3. The normalized spacial score (nSPS) is 9.40. The van der Waals surface area contributed by atoms with E-state index in [-0.39, 0.29) is 6.61 Å². The molecule has 79 valence electrons. The average molecular weight is 205 g/mol. The Morgan fingerprint density at radius 1 is 1.47 bits per heavy atom. The van der Waals surface area contributed by atoms with Crippen LogP contribution in [-0.4, -0.2) is 19.2 Å². The summed E-state index contributed by atoms with van der Waals surface area (Å²) in [4.78, 5) is 11.0. The van der Waals surface area contributed by atoms with Crippen molar-refractivity contribution in [2.24, 2.45) is 0 Å². The summed E-state index contributed by atoms with van der Waals surface area (Å²) in [6.07, 6.45) is 0. The molecule has 0 fully saturated rings. The van der Waals surface area contributed by atoms with E-state index in [0.29, 0.717) is 17.9 Å². The minimum Gasteiger partial charge on any atom is -0.489 e. The highest BCUT2D eigenvalue weighted by Gasteiger charge is 2.02. The van der Waals surface area contributed by atoms with Crippen LogP contribution in [0.15, 0.2) is 36.4 Å². The Bertz CT molecular complexity index is 330. The van der Waals surface area contributed by atoms with Crippen molar-refractivity contribution in [1.29, 1.82) is 0 Å². The van der Waals surface area contributed by atoms with Crippen LogP contribution >= 0.6 is 0 Å². The van der Waals surface area contributed by atoms with Gasteiger partial charge in [0.15, 0.2) is 0 Å². The lowest BCUT2D eigenvalue weighted by Crippen LogP contribution is -2.12. The van der Waals surface area contributed by atoms with Crippen molar-refractivity contribution in [1.82, 2.24) is 0 Å². The van der Waals surface area contributed by atoms with Gasteiger partial charge in [0.05, 0.1) is 0 Å². The molecule has 3 heteroatoms. The molecule has 0 saturated heterocycles. The molecule has 0 heterocycles. The summed E-state index contributed by atoms with van der Waals surface area (Å²) in [5.41, 5.74) is 0.390. The highest BCUT2D eigenvalue weighted by molar-refractivity contribution is 5.86. The Balaban J connectivity index is 2.18. The van der Waals surface area contributed by atoms with Crippen LogP contribution in [0.2, 0.25) is 0 Å². The fourth-order valence-electron chi connectivity index (χ4n) is 0.876. The SMILES string of the molecule is C=C(C)C(=O)OCCOc1[c]cccc1. The number of esters is 1. The third-order valence-electron chi connectivity index (χ3n) is 1.60. The Morgan fingerprint density at radius 3 is 2.87 bits per heavy atom. The van der Waals surface area contributed by atoms with Crippen LogP contribution in [0.1, 0.15) is 6.92 Å². The van der Waals surface area contributed by atoms with Crippen molar-refractivity contribution in [3.63, 3.8) is 0 Å². The molecule has 0 unspecified atom stereocenters. The molecule has 1 aromatic carbocycles. The molecule has 0 aromatic heterocycles. The van der Waals surface area contributed by atoms with Gasteiger partial charge < -0.3 is 9.47 Å². The van der Waals surface area contributed by atoms with E-state index >= 15 is 0 Å². The van der Waals surface area contributed by atoms with Gasteiger partial charge in [-0.15, -0.1) is 0 Å². The first-order valence-electron chi connectivity index (χ1n) is 4.62. The molecule has 0 N–H and O–H groups in total. The van der Waals surface area contributed by atoms with Crippen molar-refractivity contribution in [2.75, 3.05) is 13.2 Å². The van der Waals surface area contributed by atoms with Gasteiger partial charge in [-0.2, -0.15) is 0 Å². The zero-order chi connectivity index (χ0) is 11.1. The maximum Gasteiger partial charge on any atom is 0.333 e. The summed E-state index contributed by atoms with van der Waals surface area (Å²) in [7, 11) is 0. The van der Waals surface area contributed by atoms with Gasteiger partial charge in [0.2, 0.25) is 0 Å². The maximum absolute atomic E-state index is 11.0. The Kier molecular flexibility index (Phi) is 4.41. The van der Waals surface area contributed by atoms with E-state index in [9.17, 15) is 4.79 Å². The van der Waals surface area contributed by atoms with Gasteiger partial charge in [0.1, 0.15) is 19.0 Å². The molecule has 0 spiro atoms. The quantitative estimate of drug-likeness (QED) is 0.419. The molecule has 15 heavy (non-hydrogen) atoms. The molecule has 0 aliphatic rings. The first-order chi connectivity index (χ1) is 7.20.